The summed E-state index contributed by atoms with van der Waals surface area (Å²) in [5.41, 5.74) is -0.701. The fourth-order valence-electron chi connectivity index (χ4n) is 1.77. The number of ether oxygens (including phenoxy) is 2. The van der Waals surface area contributed by atoms with Crippen molar-refractivity contribution in [1.82, 2.24) is 4.90 Å². The van der Waals surface area contributed by atoms with Crippen LogP contribution in [0, 0.1) is 10.1 Å². The molecule has 8 nitrogen and oxygen atoms in total. The first-order chi connectivity index (χ1) is 8.51. The number of hydrogen-bond donors (Lipinski definition) is 0. The highest BCUT2D eigenvalue weighted by Crippen LogP contribution is 2.20. The van der Waals surface area contributed by atoms with E-state index >= 15 is 0 Å². The van der Waals surface area contributed by atoms with Crippen molar-refractivity contribution in [2.45, 2.75) is 18.9 Å². The van der Waals surface area contributed by atoms with E-state index in [1.54, 1.807) is 0 Å². The number of carbonyl (C=O) groups excluding carboxylic acids is 2. The molecule has 18 heavy (non-hydrogen) atoms. The molecule has 0 spiro atoms. The molecule has 0 bridgehead atoms. The van der Waals surface area contributed by atoms with Gasteiger partial charge in [0.2, 0.25) is 0 Å². The quantitative estimate of drug-likeness (QED) is 0.301. The van der Waals surface area contributed by atoms with E-state index in [1.165, 1.54) is 12.0 Å². The molecule has 0 aromatic carbocycles. The molecule has 1 fully saturated rings. The minimum atomic E-state index is -1.05. The van der Waals surface area contributed by atoms with Gasteiger partial charge in [-0.15, -0.1) is 0 Å². The van der Waals surface area contributed by atoms with Gasteiger partial charge < -0.3 is 14.4 Å². The normalized spacial score (nSPS) is 19.6. The zero-order valence-electron chi connectivity index (χ0n) is 10.1. The molecule has 0 N–H and O–H groups in total. The summed E-state index contributed by atoms with van der Waals surface area (Å²) in [5, 5.41) is 10.7. The number of esters is 2. The Hall–Kier alpha value is -2.12. The van der Waals surface area contributed by atoms with Crippen molar-refractivity contribution in [3.63, 3.8) is 0 Å². The van der Waals surface area contributed by atoms with E-state index in [9.17, 15) is 19.7 Å². The fourth-order valence-corrected chi connectivity index (χ4v) is 1.77. The molecule has 0 aliphatic carbocycles. The second-order valence-electron chi connectivity index (χ2n) is 3.68. The predicted octanol–water partition coefficient (Wildman–Crippen LogP) is -0.0851. The van der Waals surface area contributed by atoms with Crippen LogP contribution in [0.25, 0.3) is 0 Å². The second-order valence-corrected chi connectivity index (χ2v) is 3.68. The van der Waals surface area contributed by atoms with Crippen molar-refractivity contribution < 1.29 is 24.0 Å². The van der Waals surface area contributed by atoms with Gasteiger partial charge in [0.15, 0.2) is 0 Å². The highest BCUT2D eigenvalue weighted by Gasteiger charge is 2.33. The molecular formula is C10H14N2O6. The molecule has 100 valence electrons. The lowest BCUT2D eigenvalue weighted by atomic mass is 10.2. The van der Waals surface area contributed by atoms with E-state index in [4.69, 9.17) is 0 Å². The summed E-state index contributed by atoms with van der Waals surface area (Å²) in [6.07, 6.45) is 2.28. The Balaban J connectivity index is 2.93. The number of likely N-dealkylation sites (tertiary alicyclic amines) is 1. The van der Waals surface area contributed by atoms with Crippen LogP contribution >= 0.6 is 0 Å². The summed E-state index contributed by atoms with van der Waals surface area (Å²) in [6.45, 7) is 0.452. The van der Waals surface area contributed by atoms with E-state index in [0.29, 0.717) is 19.4 Å². The first-order valence-electron chi connectivity index (χ1n) is 5.29. The monoisotopic (exact) mass is 258 g/mol. The number of methoxy groups -OCH3 is 2. The average molecular weight is 258 g/mol. The second kappa shape index (κ2) is 5.99. The minimum Gasteiger partial charge on any atom is -0.467 e. The SMILES string of the molecule is COC(=O)/C(=C/N1CCCC1C(=O)OC)[N+](=O)[O-]. The van der Waals surface area contributed by atoms with Crippen molar-refractivity contribution >= 4 is 11.9 Å². The Labute approximate surface area is 103 Å². The predicted molar refractivity (Wildman–Crippen MR) is 58.8 cm³/mol. The van der Waals surface area contributed by atoms with Gasteiger partial charge in [0.25, 0.3) is 0 Å². The highest BCUT2D eigenvalue weighted by atomic mass is 16.6. The lowest BCUT2D eigenvalue weighted by Gasteiger charge is -2.19. The van der Waals surface area contributed by atoms with E-state index in [0.717, 1.165) is 13.3 Å². The van der Waals surface area contributed by atoms with E-state index < -0.39 is 28.6 Å². The molecular weight excluding hydrogens is 244 g/mol. The molecule has 0 aromatic rings. The summed E-state index contributed by atoms with van der Waals surface area (Å²) in [4.78, 5) is 34.0. The van der Waals surface area contributed by atoms with E-state index in [1.807, 2.05) is 0 Å². The topological polar surface area (TPSA) is 99.0 Å². The fraction of sp³-hybridized carbons (Fsp3) is 0.600. The first-order valence-corrected chi connectivity index (χ1v) is 5.29. The van der Waals surface area contributed by atoms with Gasteiger partial charge in [-0.2, -0.15) is 0 Å². The summed E-state index contributed by atoms with van der Waals surface area (Å²) in [5.74, 6) is -1.52. The van der Waals surface area contributed by atoms with E-state index in [-0.39, 0.29) is 0 Å². The maximum atomic E-state index is 11.4. The third kappa shape index (κ3) is 2.96. The van der Waals surface area contributed by atoms with Gasteiger partial charge in [-0.3, -0.25) is 10.1 Å². The Kier molecular flexibility index (Phi) is 4.64. The molecule has 1 aliphatic rings. The summed E-state index contributed by atoms with van der Waals surface area (Å²) in [6, 6.07) is -0.588. The standard InChI is InChI=1S/C10H14N2O6/c1-17-9(13)7-4-3-5-11(7)6-8(12(15)16)10(14)18-2/h6-7H,3-5H2,1-2H3/b8-6-. The van der Waals surface area contributed by atoms with Gasteiger partial charge in [0, 0.05) is 6.54 Å². The van der Waals surface area contributed by atoms with Gasteiger partial charge in [-0.1, -0.05) is 0 Å². The van der Waals surface area contributed by atoms with Crippen LogP contribution in [0.1, 0.15) is 12.8 Å². The van der Waals surface area contributed by atoms with Crippen molar-refractivity contribution in [1.29, 1.82) is 0 Å². The third-order valence-corrected chi connectivity index (χ3v) is 2.65. The number of nitro groups is 1. The Morgan fingerprint density at radius 3 is 2.56 bits per heavy atom. The van der Waals surface area contributed by atoms with Crippen molar-refractivity contribution in [3.8, 4) is 0 Å². The first kappa shape index (κ1) is 13.9. The van der Waals surface area contributed by atoms with Gasteiger partial charge in [-0.05, 0) is 12.8 Å². The average Bonchev–Trinajstić information content (AvgIpc) is 2.81. The maximum Gasteiger partial charge on any atom is 0.411 e. The molecule has 8 heteroatoms. The van der Waals surface area contributed by atoms with Crippen LogP contribution in [-0.2, 0) is 19.1 Å². The van der Waals surface area contributed by atoms with Gasteiger partial charge >= 0.3 is 17.6 Å². The van der Waals surface area contributed by atoms with Gasteiger partial charge in [0.05, 0.1) is 25.3 Å². The summed E-state index contributed by atoms with van der Waals surface area (Å²) < 4.78 is 8.91. The molecule has 0 aromatic heterocycles. The zero-order valence-corrected chi connectivity index (χ0v) is 10.1. The molecule has 1 unspecified atom stereocenters. The largest absolute Gasteiger partial charge is 0.467 e. The van der Waals surface area contributed by atoms with Crippen LogP contribution in [-0.4, -0.2) is 48.6 Å². The van der Waals surface area contributed by atoms with Crippen LogP contribution in [0.15, 0.2) is 11.9 Å². The lowest BCUT2D eigenvalue weighted by Crippen LogP contribution is -2.34. The molecule has 0 amide bonds. The van der Waals surface area contributed by atoms with Crippen molar-refractivity contribution in [2.24, 2.45) is 0 Å². The van der Waals surface area contributed by atoms with Gasteiger partial charge in [-0.25, -0.2) is 9.59 Å². The molecule has 1 heterocycles. The van der Waals surface area contributed by atoms with Crippen LogP contribution in [0.5, 0.6) is 0 Å². The number of rotatable bonds is 4. The van der Waals surface area contributed by atoms with Crippen LogP contribution in [0.4, 0.5) is 0 Å². The maximum absolute atomic E-state index is 11.4. The van der Waals surface area contributed by atoms with Crippen molar-refractivity contribution in [2.75, 3.05) is 20.8 Å². The highest BCUT2D eigenvalue weighted by molar-refractivity contribution is 5.85. The molecule has 1 saturated heterocycles. The smallest absolute Gasteiger partial charge is 0.411 e. The number of hydrogen-bond acceptors (Lipinski definition) is 7. The van der Waals surface area contributed by atoms with E-state index in [2.05, 4.69) is 9.47 Å². The number of carbonyl (C=O) groups is 2. The Bertz CT molecular complexity index is 392. The molecule has 0 radical (unpaired) electrons. The Morgan fingerprint density at radius 1 is 1.39 bits per heavy atom. The van der Waals surface area contributed by atoms with Crippen LogP contribution in [0.2, 0.25) is 0 Å². The lowest BCUT2D eigenvalue weighted by molar-refractivity contribution is -0.422. The molecule has 0 saturated carbocycles. The molecule has 1 rings (SSSR count). The summed E-state index contributed by atoms with van der Waals surface area (Å²) >= 11 is 0. The van der Waals surface area contributed by atoms with Crippen LogP contribution < -0.4 is 0 Å². The van der Waals surface area contributed by atoms with Crippen molar-refractivity contribution in [3.05, 3.63) is 22.0 Å². The zero-order chi connectivity index (χ0) is 13.7. The number of nitrogens with zero attached hydrogens (tertiary/aromatic N) is 2. The minimum absolute atomic E-state index is 0.452. The third-order valence-electron chi connectivity index (χ3n) is 2.65. The summed E-state index contributed by atoms with van der Waals surface area (Å²) in [7, 11) is 2.30. The Morgan fingerprint density at radius 2 is 2.06 bits per heavy atom. The molecule has 1 atom stereocenters. The van der Waals surface area contributed by atoms with Gasteiger partial charge in [0.1, 0.15) is 6.04 Å². The van der Waals surface area contributed by atoms with Crippen LogP contribution in [0.3, 0.4) is 0 Å². The molecule has 1 aliphatic heterocycles.